The largest absolute Gasteiger partial charge is 0.463 e. The minimum Gasteiger partial charge on any atom is -0.463 e. The zero-order chi connectivity index (χ0) is 11.8. The van der Waals surface area contributed by atoms with E-state index < -0.39 is 0 Å². The van der Waals surface area contributed by atoms with Gasteiger partial charge in [0.25, 0.3) is 5.91 Å². The molecule has 1 amide bonds. The maximum atomic E-state index is 12.0. The van der Waals surface area contributed by atoms with E-state index in [9.17, 15) is 4.79 Å². The fraction of sp³-hybridized carbons (Fsp3) is 0.308. The summed E-state index contributed by atoms with van der Waals surface area (Å²) in [5.74, 6) is -0.0770. The van der Waals surface area contributed by atoms with Crippen LogP contribution in [0.4, 0.5) is 0 Å². The molecule has 17 heavy (non-hydrogen) atoms. The average Bonchev–Trinajstić information content (AvgIpc) is 2.70. The fourth-order valence-electron chi connectivity index (χ4n) is 2.20. The maximum Gasteiger partial charge on any atom is 0.255 e. The zero-order valence-corrected chi connectivity index (χ0v) is 9.35. The van der Waals surface area contributed by atoms with Crippen molar-refractivity contribution >= 4 is 16.9 Å². The van der Waals surface area contributed by atoms with Crippen molar-refractivity contribution in [1.29, 1.82) is 0 Å². The van der Waals surface area contributed by atoms with Gasteiger partial charge in [-0.25, -0.2) is 0 Å². The smallest absolute Gasteiger partial charge is 0.255 e. The van der Waals surface area contributed by atoms with E-state index in [0.717, 1.165) is 23.8 Å². The molecule has 1 aromatic heterocycles. The number of fused-ring (bicyclic) bond motifs is 1. The van der Waals surface area contributed by atoms with Crippen LogP contribution < -0.4 is 11.1 Å². The minimum absolute atomic E-state index is 0.0770. The molecule has 0 bridgehead atoms. The summed E-state index contributed by atoms with van der Waals surface area (Å²) >= 11 is 0. The molecule has 3 rings (SSSR count). The van der Waals surface area contributed by atoms with Gasteiger partial charge in [0, 0.05) is 17.5 Å². The molecule has 0 spiro atoms. The number of hydrogen-bond donors (Lipinski definition) is 2. The van der Waals surface area contributed by atoms with Gasteiger partial charge in [0.1, 0.15) is 11.8 Å². The monoisotopic (exact) mass is 230 g/mol. The molecule has 1 heterocycles. The van der Waals surface area contributed by atoms with Gasteiger partial charge in [-0.3, -0.25) is 4.79 Å². The highest BCUT2D eigenvalue weighted by molar-refractivity contribution is 6.06. The Kier molecular flexibility index (Phi) is 2.37. The first-order chi connectivity index (χ1) is 8.24. The molecule has 88 valence electrons. The van der Waals surface area contributed by atoms with Crippen LogP contribution in [0.3, 0.4) is 0 Å². The molecule has 1 aliphatic rings. The summed E-state index contributed by atoms with van der Waals surface area (Å²) < 4.78 is 5.34. The quantitative estimate of drug-likeness (QED) is 0.824. The van der Waals surface area contributed by atoms with Crippen molar-refractivity contribution in [3.63, 3.8) is 0 Å². The van der Waals surface area contributed by atoms with Crippen LogP contribution in [-0.4, -0.2) is 18.0 Å². The van der Waals surface area contributed by atoms with Crippen LogP contribution in [0, 0.1) is 0 Å². The Balaban J connectivity index is 1.81. The number of benzene rings is 1. The van der Waals surface area contributed by atoms with E-state index in [-0.39, 0.29) is 18.0 Å². The highest BCUT2D eigenvalue weighted by Gasteiger charge is 2.28. The lowest BCUT2D eigenvalue weighted by molar-refractivity contribution is 0.0911. The average molecular weight is 230 g/mol. The van der Waals surface area contributed by atoms with Crippen LogP contribution in [0.2, 0.25) is 0 Å². The number of carbonyl (C=O) groups excluding carboxylic acids is 1. The lowest BCUT2D eigenvalue weighted by Crippen LogP contribution is -2.50. The third kappa shape index (κ3) is 1.80. The number of nitrogens with two attached hydrogens (primary N) is 1. The molecule has 0 aliphatic heterocycles. The van der Waals surface area contributed by atoms with Crippen molar-refractivity contribution in [3.8, 4) is 0 Å². The van der Waals surface area contributed by atoms with Crippen molar-refractivity contribution in [2.45, 2.75) is 24.9 Å². The van der Waals surface area contributed by atoms with Gasteiger partial charge < -0.3 is 15.5 Å². The number of nitrogens with one attached hydrogen (secondary N) is 1. The first kappa shape index (κ1) is 10.4. The van der Waals surface area contributed by atoms with Crippen molar-refractivity contribution < 1.29 is 9.21 Å². The molecule has 0 atom stereocenters. The summed E-state index contributed by atoms with van der Waals surface area (Å²) in [5.41, 5.74) is 7.02. The van der Waals surface area contributed by atoms with Gasteiger partial charge in [0.05, 0.1) is 5.56 Å². The number of rotatable bonds is 2. The van der Waals surface area contributed by atoms with Crippen molar-refractivity contribution in [1.82, 2.24) is 5.32 Å². The summed E-state index contributed by atoms with van der Waals surface area (Å²) in [6.45, 7) is 0. The predicted molar refractivity (Wildman–Crippen MR) is 64.7 cm³/mol. The number of furan rings is 1. The molecule has 3 N–H and O–H groups in total. The summed E-state index contributed by atoms with van der Waals surface area (Å²) in [6.07, 6.45) is 3.24. The third-order valence-corrected chi connectivity index (χ3v) is 3.24. The normalized spacial score (nSPS) is 23.4. The van der Waals surface area contributed by atoms with Crippen LogP contribution in [0.15, 0.2) is 34.9 Å². The third-order valence-electron chi connectivity index (χ3n) is 3.24. The molecule has 1 fully saturated rings. The molecule has 4 heteroatoms. The van der Waals surface area contributed by atoms with Crippen LogP contribution in [0.1, 0.15) is 23.2 Å². The van der Waals surface area contributed by atoms with Gasteiger partial charge in [-0.05, 0) is 18.9 Å². The Morgan fingerprint density at radius 3 is 2.88 bits per heavy atom. The lowest BCUT2D eigenvalue weighted by Gasteiger charge is -2.32. The van der Waals surface area contributed by atoms with Crippen LogP contribution >= 0.6 is 0 Å². The topological polar surface area (TPSA) is 68.3 Å². The number of hydrogen-bond acceptors (Lipinski definition) is 3. The Morgan fingerprint density at radius 2 is 2.12 bits per heavy atom. The van der Waals surface area contributed by atoms with E-state index in [0.29, 0.717) is 5.56 Å². The fourth-order valence-corrected chi connectivity index (χ4v) is 2.20. The summed E-state index contributed by atoms with van der Waals surface area (Å²) in [7, 11) is 0. The molecule has 0 radical (unpaired) electrons. The van der Waals surface area contributed by atoms with Gasteiger partial charge in [-0.15, -0.1) is 0 Å². The number of carbonyl (C=O) groups is 1. The van der Waals surface area contributed by atoms with Crippen LogP contribution in [-0.2, 0) is 0 Å². The highest BCUT2D eigenvalue weighted by Crippen LogP contribution is 2.22. The van der Waals surface area contributed by atoms with E-state index in [1.807, 2.05) is 24.3 Å². The number of para-hydroxylation sites is 1. The van der Waals surface area contributed by atoms with Gasteiger partial charge in [0.15, 0.2) is 0 Å². The van der Waals surface area contributed by atoms with Crippen molar-refractivity contribution in [3.05, 3.63) is 36.1 Å². The van der Waals surface area contributed by atoms with Crippen molar-refractivity contribution in [2.24, 2.45) is 5.73 Å². The Morgan fingerprint density at radius 1 is 1.35 bits per heavy atom. The Bertz CT molecular complexity index is 555. The standard InChI is InChI=1S/C13H14N2O2/c14-8-5-9(6-8)15-13(16)11-7-17-12-4-2-1-3-10(11)12/h1-4,7-9H,5-6,14H2,(H,15,16). The van der Waals surface area contributed by atoms with Gasteiger partial charge in [-0.2, -0.15) is 0 Å². The second kappa shape index (κ2) is 3.89. The van der Waals surface area contributed by atoms with Gasteiger partial charge >= 0.3 is 0 Å². The highest BCUT2D eigenvalue weighted by atomic mass is 16.3. The van der Waals surface area contributed by atoms with E-state index in [1.54, 1.807) is 0 Å². The van der Waals surface area contributed by atoms with E-state index in [1.165, 1.54) is 6.26 Å². The van der Waals surface area contributed by atoms with E-state index >= 15 is 0 Å². The summed E-state index contributed by atoms with van der Waals surface area (Å²) in [4.78, 5) is 12.0. The summed E-state index contributed by atoms with van der Waals surface area (Å²) in [5, 5.41) is 3.82. The molecule has 1 saturated carbocycles. The molecule has 1 aliphatic carbocycles. The molecule has 0 unspecified atom stereocenters. The molecule has 1 aromatic carbocycles. The predicted octanol–water partition coefficient (Wildman–Crippen LogP) is 1.65. The van der Waals surface area contributed by atoms with Gasteiger partial charge in [0.2, 0.25) is 0 Å². The second-order valence-corrected chi connectivity index (χ2v) is 4.55. The van der Waals surface area contributed by atoms with Crippen LogP contribution in [0.5, 0.6) is 0 Å². The Hall–Kier alpha value is -1.81. The maximum absolute atomic E-state index is 12.0. The molecule has 0 saturated heterocycles. The first-order valence-electron chi connectivity index (χ1n) is 5.76. The van der Waals surface area contributed by atoms with Crippen molar-refractivity contribution in [2.75, 3.05) is 0 Å². The molecular weight excluding hydrogens is 216 g/mol. The number of amides is 1. The molecule has 2 aromatic rings. The van der Waals surface area contributed by atoms with Crippen LogP contribution in [0.25, 0.3) is 11.0 Å². The summed E-state index contributed by atoms with van der Waals surface area (Å²) in [6, 6.07) is 7.98. The minimum atomic E-state index is -0.0770. The molecular formula is C13H14N2O2. The lowest BCUT2D eigenvalue weighted by atomic mass is 9.87. The SMILES string of the molecule is NC1CC(NC(=O)c2coc3ccccc23)C1. The van der Waals surface area contributed by atoms with Gasteiger partial charge in [-0.1, -0.05) is 18.2 Å². The molecule has 4 nitrogen and oxygen atoms in total. The van der Waals surface area contributed by atoms with E-state index in [2.05, 4.69) is 5.32 Å². The Labute approximate surface area is 98.8 Å². The first-order valence-corrected chi connectivity index (χ1v) is 5.76. The zero-order valence-electron chi connectivity index (χ0n) is 9.35. The second-order valence-electron chi connectivity index (χ2n) is 4.55. The van der Waals surface area contributed by atoms with E-state index in [4.69, 9.17) is 10.2 Å².